The maximum Gasteiger partial charge on any atom is 0.326 e. The third-order valence-corrected chi connectivity index (χ3v) is 2.82. The molecule has 1 saturated heterocycles. The van der Waals surface area contributed by atoms with E-state index in [0.29, 0.717) is 19.5 Å². The van der Waals surface area contributed by atoms with E-state index in [2.05, 4.69) is 5.32 Å². The average molecular weight is 238 g/mol. The molecule has 2 heterocycles. The number of rotatable bonds is 3. The molecule has 1 aromatic rings. The Labute approximate surface area is 98.2 Å². The van der Waals surface area contributed by atoms with Gasteiger partial charge >= 0.3 is 12.0 Å². The van der Waals surface area contributed by atoms with E-state index in [1.54, 1.807) is 12.3 Å². The van der Waals surface area contributed by atoms with Crippen LogP contribution in [0, 0.1) is 0 Å². The maximum absolute atomic E-state index is 11.8. The van der Waals surface area contributed by atoms with Crippen LogP contribution in [0.15, 0.2) is 23.0 Å². The molecule has 6 nitrogen and oxygen atoms in total. The topological polar surface area (TPSA) is 82.8 Å². The number of aliphatic carboxylic acids is 1. The Balaban J connectivity index is 1.89. The van der Waals surface area contributed by atoms with Gasteiger partial charge in [-0.25, -0.2) is 9.59 Å². The minimum Gasteiger partial charge on any atom is -0.480 e. The minimum atomic E-state index is -0.944. The highest BCUT2D eigenvalue weighted by molar-refractivity contribution is 5.83. The minimum absolute atomic E-state index is 0.337. The molecule has 2 rings (SSSR count). The lowest BCUT2D eigenvalue weighted by atomic mass is 10.2. The number of carbonyl (C=O) groups excluding carboxylic acids is 1. The second kappa shape index (κ2) is 4.90. The largest absolute Gasteiger partial charge is 0.480 e. The summed E-state index contributed by atoms with van der Waals surface area (Å²) in [5.41, 5.74) is 0.851. The molecule has 1 aromatic heterocycles. The van der Waals surface area contributed by atoms with Crippen molar-refractivity contribution in [2.24, 2.45) is 0 Å². The Morgan fingerprint density at radius 1 is 1.59 bits per heavy atom. The lowest BCUT2D eigenvalue weighted by Crippen LogP contribution is -2.45. The molecule has 0 saturated carbocycles. The molecule has 17 heavy (non-hydrogen) atoms. The third-order valence-electron chi connectivity index (χ3n) is 2.82. The fraction of sp³-hybridized carbons (Fsp3) is 0.455. The summed E-state index contributed by atoms with van der Waals surface area (Å²) >= 11 is 0. The Morgan fingerprint density at radius 3 is 3.06 bits per heavy atom. The van der Waals surface area contributed by atoms with Crippen molar-refractivity contribution in [3.63, 3.8) is 0 Å². The molecule has 0 radical (unpaired) electrons. The number of nitrogens with one attached hydrogen (secondary N) is 1. The zero-order valence-electron chi connectivity index (χ0n) is 9.26. The molecule has 6 heteroatoms. The van der Waals surface area contributed by atoms with Gasteiger partial charge in [-0.2, -0.15) is 0 Å². The van der Waals surface area contributed by atoms with Crippen LogP contribution in [-0.4, -0.2) is 34.6 Å². The number of carboxylic acid groups (broad SMARTS) is 1. The third kappa shape index (κ3) is 2.58. The van der Waals surface area contributed by atoms with Gasteiger partial charge < -0.3 is 19.7 Å². The van der Waals surface area contributed by atoms with Crippen molar-refractivity contribution < 1.29 is 19.1 Å². The highest BCUT2D eigenvalue weighted by atomic mass is 16.4. The number of urea groups is 1. The first-order valence-corrected chi connectivity index (χ1v) is 5.47. The van der Waals surface area contributed by atoms with Crippen LogP contribution >= 0.6 is 0 Å². The average Bonchev–Trinajstić information content (AvgIpc) is 2.96. The summed E-state index contributed by atoms with van der Waals surface area (Å²) in [5, 5.41) is 11.6. The van der Waals surface area contributed by atoms with Crippen molar-refractivity contribution in [3.05, 3.63) is 24.2 Å². The van der Waals surface area contributed by atoms with Crippen LogP contribution in [0.4, 0.5) is 4.79 Å². The van der Waals surface area contributed by atoms with Crippen molar-refractivity contribution in [3.8, 4) is 0 Å². The van der Waals surface area contributed by atoms with Gasteiger partial charge in [0.15, 0.2) is 0 Å². The molecule has 2 amide bonds. The van der Waals surface area contributed by atoms with E-state index in [4.69, 9.17) is 9.52 Å². The summed E-state index contributed by atoms with van der Waals surface area (Å²) in [6.07, 6.45) is 4.32. The van der Waals surface area contributed by atoms with Gasteiger partial charge in [0.1, 0.15) is 6.04 Å². The molecule has 1 atom stereocenters. The lowest BCUT2D eigenvalue weighted by Gasteiger charge is -2.21. The van der Waals surface area contributed by atoms with E-state index in [9.17, 15) is 9.59 Å². The SMILES string of the molecule is O=C(O)[C@@H]1CCCN1C(=O)NCc1ccoc1. The molecule has 0 aliphatic carbocycles. The number of carboxylic acids is 1. The summed E-state index contributed by atoms with van der Waals surface area (Å²) in [4.78, 5) is 24.1. The summed E-state index contributed by atoms with van der Waals surface area (Å²) in [6, 6.07) is 0.717. The van der Waals surface area contributed by atoms with E-state index in [-0.39, 0.29) is 6.03 Å². The predicted molar refractivity (Wildman–Crippen MR) is 58.3 cm³/mol. The monoisotopic (exact) mass is 238 g/mol. The lowest BCUT2D eigenvalue weighted by molar-refractivity contribution is -0.141. The highest BCUT2D eigenvalue weighted by Gasteiger charge is 2.33. The second-order valence-corrected chi connectivity index (χ2v) is 3.98. The fourth-order valence-corrected chi connectivity index (χ4v) is 1.94. The first-order chi connectivity index (χ1) is 8.18. The van der Waals surface area contributed by atoms with Crippen molar-refractivity contribution in [2.75, 3.05) is 6.54 Å². The van der Waals surface area contributed by atoms with Gasteiger partial charge in [0.05, 0.1) is 12.5 Å². The molecule has 2 N–H and O–H groups in total. The van der Waals surface area contributed by atoms with Crippen LogP contribution in [0.25, 0.3) is 0 Å². The van der Waals surface area contributed by atoms with E-state index >= 15 is 0 Å². The van der Waals surface area contributed by atoms with Crippen molar-refractivity contribution in [1.29, 1.82) is 0 Å². The van der Waals surface area contributed by atoms with Gasteiger partial charge in [0.2, 0.25) is 0 Å². The molecule has 0 unspecified atom stereocenters. The summed E-state index contributed by atoms with van der Waals surface area (Å²) in [6.45, 7) is 0.840. The Kier molecular flexibility index (Phi) is 3.32. The molecule has 1 aliphatic rings. The number of hydrogen-bond donors (Lipinski definition) is 2. The molecule has 0 aromatic carbocycles. The number of likely N-dealkylation sites (tertiary alicyclic amines) is 1. The normalized spacial score (nSPS) is 19.3. The van der Waals surface area contributed by atoms with E-state index in [1.165, 1.54) is 11.2 Å². The number of nitrogens with zero attached hydrogens (tertiary/aromatic N) is 1. The van der Waals surface area contributed by atoms with Crippen molar-refractivity contribution in [2.45, 2.75) is 25.4 Å². The quantitative estimate of drug-likeness (QED) is 0.824. The maximum atomic E-state index is 11.8. The molecule has 1 fully saturated rings. The fourth-order valence-electron chi connectivity index (χ4n) is 1.94. The van der Waals surface area contributed by atoms with E-state index in [0.717, 1.165) is 12.0 Å². The van der Waals surface area contributed by atoms with Crippen molar-refractivity contribution in [1.82, 2.24) is 10.2 Å². The van der Waals surface area contributed by atoms with Gasteiger partial charge in [0, 0.05) is 18.7 Å². The van der Waals surface area contributed by atoms with Crippen LogP contribution in [0.2, 0.25) is 0 Å². The number of carbonyl (C=O) groups is 2. The zero-order chi connectivity index (χ0) is 12.3. The molecular weight excluding hydrogens is 224 g/mol. The molecule has 1 aliphatic heterocycles. The predicted octanol–water partition coefficient (Wildman–Crippen LogP) is 1.04. The van der Waals surface area contributed by atoms with E-state index in [1.807, 2.05) is 0 Å². The molecule has 0 bridgehead atoms. The Morgan fingerprint density at radius 2 is 2.41 bits per heavy atom. The van der Waals surface area contributed by atoms with Gasteiger partial charge in [-0.3, -0.25) is 0 Å². The van der Waals surface area contributed by atoms with Crippen LogP contribution in [0.5, 0.6) is 0 Å². The van der Waals surface area contributed by atoms with Crippen LogP contribution in [0.3, 0.4) is 0 Å². The van der Waals surface area contributed by atoms with Crippen LogP contribution < -0.4 is 5.32 Å². The summed E-state index contributed by atoms with van der Waals surface area (Å²) < 4.78 is 4.87. The Bertz CT molecular complexity index is 402. The highest BCUT2D eigenvalue weighted by Crippen LogP contribution is 2.17. The number of hydrogen-bond acceptors (Lipinski definition) is 3. The van der Waals surface area contributed by atoms with Crippen LogP contribution in [-0.2, 0) is 11.3 Å². The number of furan rings is 1. The standard InChI is InChI=1S/C11H14N2O4/c14-10(15)9-2-1-4-13(9)11(16)12-6-8-3-5-17-7-8/h3,5,7,9H,1-2,4,6H2,(H,12,16)(H,14,15)/t9-/m0/s1. The molecular formula is C11H14N2O4. The smallest absolute Gasteiger partial charge is 0.326 e. The summed E-state index contributed by atoms with van der Waals surface area (Å²) in [5.74, 6) is -0.944. The van der Waals surface area contributed by atoms with Crippen molar-refractivity contribution >= 4 is 12.0 Å². The van der Waals surface area contributed by atoms with Crippen LogP contribution in [0.1, 0.15) is 18.4 Å². The first-order valence-electron chi connectivity index (χ1n) is 5.47. The van der Waals surface area contributed by atoms with Gasteiger partial charge in [-0.15, -0.1) is 0 Å². The van der Waals surface area contributed by atoms with Gasteiger partial charge in [-0.1, -0.05) is 0 Å². The second-order valence-electron chi connectivity index (χ2n) is 3.98. The molecule has 0 spiro atoms. The number of amides is 2. The summed E-state index contributed by atoms with van der Waals surface area (Å²) in [7, 11) is 0. The zero-order valence-corrected chi connectivity index (χ0v) is 9.26. The molecule has 92 valence electrons. The Hall–Kier alpha value is -1.98. The van der Waals surface area contributed by atoms with Gasteiger partial charge in [-0.05, 0) is 18.9 Å². The van der Waals surface area contributed by atoms with E-state index < -0.39 is 12.0 Å². The van der Waals surface area contributed by atoms with Gasteiger partial charge in [0.25, 0.3) is 0 Å². The first kappa shape index (κ1) is 11.5.